The van der Waals surface area contributed by atoms with Crippen molar-refractivity contribution in [3.8, 4) is 0 Å². The fourth-order valence-electron chi connectivity index (χ4n) is 1.47. The van der Waals surface area contributed by atoms with E-state index in [2.05, 4.69) is 10.4 Å². The van der Waals surface area contributed by atoms with Crippen LogP contribution in [0.4, 0.5) is 0 Å². The van der Waals surface area contributed by atoms with Crippen molar-refractivity contribution in [2.75, 3.05) is 20.8 Å². The van der Waals surface area contributed by atoms with Gasteiger partial charge in [0.05, 0.1) is 17.8 Å². The Morgan fingerprint density at radius 1 is 1.76 bits per heavy atom. The highest BCUT2D eigenvalue weighted by molar-refractivity contribution is 7.09. The van der Waals surface area contributed by atoms with Gasteiger partial charge in [-0.15, -0.1) is 11.3 Å². The minimum atomic E-state index is -0.397. The Labute approximate surface area is 105 Å². The Balaban J connectivity index is 2.68. The molecule has 0 saturated heterocycles. The molecule has 0 aromatic carbocycles. The van der Waals surface area contributed by atoms with E-state index in [0.29, 0.717) is 13.2 Å². The summed E-state index contributed by atoms with van der Waals surface area (Å²) in [5.41, 5.74) is 4.94. The van der Waals surface area contributed by atoms with Gasteiger partial charge in [-0.05, 0) is 14.0 Å². The van der Waals surface area contributed by atoms with Crippen molar-refractivity contribution in [3.05, 3.63) is 16.1 Å². The van der Waals surface area contributed by atoms with Crippen LogP contribution < -0.4 is 11.3 Å². The van der Waals surface area contributed by atoms with Gasteiger partial charge in [-0.2, -0.15) is 0 Å². The van der Waals surface area contributed by atoms with Gasteiger partial charge in [0.25, 0.3) is 5.91 Å². The number of aryl methyl sites for hydroxylation is 1. The molecule has 7 heteroatoms. The van der Waals surface area contributed by atoms with Gasteiger partial charge in [-0.25, -0.2) is 10.8 Å². The largest absolute Gasteiger partial charge is 0.383 e. The molecule has 0 fully saturated rings. The Hall–Kier alpha value is -1.02. The lowest BCUT2D eigenvalue weighted by Gasteiger charge is -2.25. The van der Waals surface area contributed by atoms with Gasteiger partial charge in [0.2, 0.25) is 0 Å². The molecule has 1 amide bonds. The molecule has 3 N–H and O–H groups in total. The van der Waals surface area contributed by atoms with E-state index in [4.69, 9.17) is 10.6 Å². The number of nitrogens with one attached hydrogen (secondary N) is 1. The fraction of sp³-hybridized carbons (Fsp3) is 0.600. The molecule has 0 spiro atoms. The molecule has 0 radical (unpaired) electrons. The molecule has 1 heterocycles. The van der Waals surface area contributed by atoms with Gasteiger partial charge >= 0.3 is 0 Å². The molecular weight excluding hydrogens is 240 g/mol. The summed E-state index contributed by atoms with van der Waals surface area (Å²) in [5, 5.41) is 0. The molecule has 1 aromatic rings. The number of hydrogen-bond donors (Lipinski definition) is 2. The van der Waals surface area contributed by atoms with E-state index in [9.17, 15) is 4.79 Å². The third-order valence-electron chi connectivity index (χ3n) is 2.54. The summed E-state index contributed by atoms with van der Waals surface area (Å²) in [4.78, 5) is 18.8. The van der Waals surface area contributed by atoms with E-state index >= 15 is 0 Å². The number of amides is 1. The lowest BCUT2D eigenvalue weighted by atomic mass is 10.2. The molecule has 0 aliphatic rings. The second-order valence-electron chi connectivity index (χ2n) is 3.76. The lowest BCUT2D eigenvalue weighted by Crippen LogP contribution is -2.49. The third kappa shape index (κ3) is 3.74. The second kappa shape index (κ2) is 6.65. The summed E-state index contributed by atoms with van der Waals surface area (Å²) in [7, 11) is 3.42. The summed E-state index contributed by atoms with van der Waals surface area (Å²) in [6.07, 6.45) is 0. The normalized spacial score (nSPS) is 12.8. The van der Waals surface area contributed by atoms with Crippen molar-refractivity contribution in [1.82, 2.24) is 15.3 Å². The van der Waals surface area contributed by atoms with Crippen molar-refractivity contribution < 1.29 is 9.53 Å². The predicted molar refractivity (Wildman–Crippen MR) is 66.3 cm³/mol. The maximum atomic E-state index is 11.6. The number of nitrogens with zero attached hydrogens (tertiary/aromatic N) is 2. The second-order valence-corrected chi connectivity index (χ2v) is 4.70. The van der Waals surface area contributed by atoms with Gasteiger partial charge < -0.3 is 4.74 Å². The highest BCUT2D eigenvalue weighted by atomic mass is 32.1. The topological polar surface area (TPSA) is 80.5 Å². The van der Waals surface area contributed by atoms with Crippen LogP contribution in [0.5, 0.6) is 0 Å². The highest BCUT2D eigenvalue weighted by Gasteiger charge is 2.23. The summed E-state index contributed by atoms with van der Waals surface area (Å²) in [6.45, 7) is 2.91. The van der Waals surface area contributed by atoms with Gasteiger partial charge in [-0.3, -0.25) is 15.1 Å². The van der Waals surface area contributed by atoms with Crippen LogP contribution in [0.15, 0.2) is 5.51 Å². The van der Waals surface area contributed by atoms with Crippen LogP contribution in [0.25, 0.3) is 0 Å². The number of nitrogens with two attached hydrogens (primary N) is 1. The third-order valence-corrected chi connectivity index (χ3v) is 3.46. The summed E-state index contributed by atoms with van der Waals surface area (Å²) in [6, 6.07) is -0.397. The van der Waals surface area contributed by atoms with Crippen molar-refractivity contribution in [1.29, 1.82) is 0 Å². The van der Waals surface area contributed by atoms with Crippen molar-refractivity contribution >= 4 is 17.2 Å². The quantitative estimate of drug-likeness (QED) is 0.423. The number of likely N-dealkylation sites (N-methyl/N-ethyl adjacent to an activating group) is 1. The Kier molecular flexibility index (Phi) is 5.49. The average molecular weight is 258 g/mol. The molecule has 1 atom stereocenters. The summed E-state index contributed by atoms with van der Waals surface area (Å²) in [5.74, 6) is 4.90. The van der Waals surface area contributed by atoms with Crippen LogP contribution in [0.3, 0.4) is 0 Å². The molecule has 0 saturated carbocycles. The maximum absolute atomic E-state index is 11.6. The molecule has 0 aliphatic heterocycles. The highest BCUT2D eigenvalue weighted by Crippen LogP contribution is 2.15. The van der Waals surface area contributed by atoms with Crippen LogP contribution in [0, 0.1) is 6.92 Å². The molecular formula is C10H18N4O2S. The average Bonchev–Trinajstić information content (AvgIpc) is 2.71. The zero-order valence-corrected chi connectivity index (χ0v) is 11.1. The first-order valence-corrected chi connectivity index (χ1v) is 6.06. The molecule has 6 nitrogen and oxygen atoms in total. The van der Waals surface area contributed by atoms with Crippen LogP contribution >= 0.6 is 11.3 Å². The molecule has 17 heavy (non-hydrogen) atoms. The first-order valence-electron chi connectivity index (χ1n) is 5.18. The van der Waals surface area contributed by atoms with Crippen LogP contribution in [0.1, 0.15) is 10.6 Å². The van der Waals surface area contributed by atoms with Crippen molar-refractivity contribution in [3.63, 3.8) is 0 Å². The van der Waals surface area contributed by atoms with Crippen molar-refractivity contribution in [2.24, 2.45) is 5.84 Å². The minimum Gasteiger partial charge on any atom is -0.383 e. The Bertz CT molecular complexity index is 369. The van der Waals surface area contributed by atoms with Crippen LogP contribution in [-0.4, -0.2) is 42.6 Å². The number of aromatic nitrogens is 1. The fourth-order valence-corrected chi connectivity index (χ4v) is 2.31. The first-order chi connectivity index (χ1) is 8.10. The van der Waals surface area contributed by atoms with E-state index in [-0.39, 0.29) is 5.91 Å². The number of thiazole rings is 1. The van der Waals surface area contributed by atoms with Crippen LogP contribution in [-0.2, 0) is 16.1 Å². The van der Waals surface area contributed by atoms with E-state index in [1.165, 1.54) is 0 Å². The van der Waals surface area contributed by atoms with E-state index in [1.807, 2.05) is 18.9 Å². The van der Waals surface area contributed by atoms with E-state index < -0.39 is 6.04 Å². The number of carbonyl (C=O) groups excluding carboxylic acids is 1. The lowest BCUT2D eigenvalue weighted by molar-refractivity contribution is -0.128. The molecule has 1 rings (SSSR count). The van der Waals surface area contributed by atoms with Gasteiger partial charge in [0, 0.05) is 18.5 Å². The van der Waals surface area contributed by atoms with Gasteiger partial charge in [0.15, 0.2) is 0 Å². The Morgan fingerprint density at radius 3 is 2.94 bits per heavy atom. The minimum absolute atomic E-state index is 0.253. The first kappa shape index (κ1) is 14.0. The van der Waals surface area contributed by atoms with Crippen molar-refractivity contribution in [2.45, 2.75) is 19.5 Å². The molecule has 0 bridgehead atoms. The van der Waals surface area contributed by atoms with E-state index in [0.717, 1.165) is 10.6 Å². The van der Waals surface area contributed by atoms with E-state index in [1.54, 1.807) is 24.0 Å². The number of hydrazine groups is 1. The maximum Gasteiger partial charge on any atom is 0.253 e. The zero-order chi connectivity index (χ0) is 12.8. The van der Waals surface area contributed by atoms with Gasteiger partial charge in [0.1, 0.15) is 6.04 Å². The summed E-state index contributed by atoms with van der Waals surface area (Å²) >= 11 is 1.58. The molecule has 1 unspecified atom stereocenters. The molecule has 0 aliphatic carbocycles. The molecule has 96 valence electrons. The number of methoxy groups -OCH3 is 1. The molecule has 1 aromatic heterocycles. The standard InChI is InChI=1S/C10H18N4O2S/c1-7-9(17-6-12-7)4-14(2)8(5-16-3)10(15)13-11/h6,8H,4-5,11H2,1-3H3,(H,13,15). The number of carbonyl (C=O) groups is 1. The SMILES string of the molecule is COCC(C(=O)NN)N(C)Cc1scnc1C. The zero-order valence-electron chi connectivity index (χ0n) is 10.3. The monoisotopic (exact) mass is 258 g/mol. The van der Waals surface area contributed by atoms with Crippen LogP contribution in [0.2, 0.25) is 0 Å². The number of ether oxygens (including phenoxy) is 1. The summed E-state index contributed by atoms with van der Waals surface area (Å²) < 4.78 is 5.03. The number of rotatable bonds is 6. The predicted octanol–water partition coefficient (Wildman–Crippen LogP) is -0.112. The number of hydrogen-bond acceptors (Lipinski definition) is 6. The smallest absolute Gasteiger partial charge is 0.253 e. The van der Waals surface area contributed by atoms with Gasteiger partial charge in [-0.1, -0.05) is 0 Å². The Morgan fingerprint density at radius 2 is 2.47 bits per heavy atom.